The van der Waals surface area contributed by atoms with Gasteiger partial charge in [0.15, 0.2) is 0 Å². The summed E-state index contributed by atoms with van der Waals surface area (Å²) >= 11 is 12.8. The number of hydrogen-bond donors (Lipinski definition) is 2. The molecule has 3 rings (SSSR count). The van der Waals surface area contributed by atoms with Gasteiger partial charge in [-0.3, -0.25) is 4.79 Å². The topological polar surface area (TPSA) is 98.2 Å². The largest absolute Gasteiger partial charge is 0.494 e. The number of pyridine rings is 1. The number of carbonyl (C=O) groups excluding carboxylic acids is 2. The van der Waals surface area contributed by atoms with Crippen LogP contribution in [0.4, 0.5) is 4.79 Å². The number of amides is 1. The van der Waals surface area contributed by atoms with Crippen molar-refractivity contribution in [3.05, 3.63) is 44.2 Å². The number of hydrogen-bond acceptors (Lipinski definition) is 5. The van der Waals surface area contributed by atoms with Crippen LogP contribution < -0.4 is 5.73 Å². The number of aromatic hydroxyl groups is 1. The van der Waals surface area contributed by atoms with Crippen LogP contribution in [0.25, 0.3) is 11.0 Å². The van der Waals surface area contributed by atoms with Crippen LogP contribution in [-0.2, 0) is 0 Å². The number of thiophene rings is 1. The summed E-state index contributed by atoms with van der Waals surface area (Å²) in [6.07, 6.45) is 0. The van der Waals surface area contributed by atoms with E-state index in [0.717, 1.165) is 15.9 Å². The van der Waals surface area contributed by atoms with Gasteiger partial charge in [0.1, 0.15) is 16.2 Å². The Bertz CT molecular complexity index is 932. The van der Waals surface area contributed by atoms with E-state index < -0.39 is 17.7 Å². The Balaban J connectivity index is 2.33. The van der Waals surface area contributed by atoms with E-state index in [-0.39, 0.29) is 21.7 Å². The number of nitrogens with zero attached hydrogens (tertiary/aromatic N) is 2. The normalized spacial score (nSPS) is 11.0. The van der Waals surface area contributed by atoms with Crippen LogP contribution in [0.2, 0.25) is 10.2 Å². The maximum Gasteiger partial charge on any atom is 0.326 e. The summed E-state index contributed by atoms with van der Waals surface area (Å²) in [5.74, 6) is -1.10. The fraction of sp³-hybridized carbons (Fsp3) is 0. The Morgan fingerprint density at radius 2 is 2.05 bits per heavy atom. The summed E-state index contributed by atoms with van der Waals surface area (Å²) in [6, 6.07) is 3.41. The highest BCUT2D eigenvalue weighted by molar-refractivity contribution is 7.12. The average Bonchev–Trinajstić information content (AvgIpc) is 2.98. The molecule has 0 aliphatic rings. The number of primary amides is 1. The van der Waals surface area contributed by atoms with Gasteiger partial charge < -0.3 is 10.8 Å². The molecule has 0 fully saturated rings. The standard InChI is InChI=1S/C13H7Cl2N3O3S/c14-5-3-7(22-4-5)11(19)9-10-6(1-2-8(15)17-10)18(12(9)20)13(16)21/h1-4,20H,(H2,16,21). The van der Waals surface area contributed by atoms with Crippen LogP contribution in [0, 0.1) is 0 Å². The quantitative estimate of drug-likeness (QED) is 0.544. The first kappa shape index (κ1) is 14.8. The van der Waals surface area contributed by atoms with Crippen LogP contribution in [0.3, 0.4) is 0 Å². The van der Waals surface area contributed by atoms with E-state index in [4.69, 9.17) is 28.9 Å². The Labute approximate surface area is 137 Å². The molecule has 3 aromatic heterocycles. The average molecular weight is 356 g/mol. The predicted molar refractivity (Wildman–Crippen MR) is 84.2 cm³/mol. The molecule has 0 aliphatic carbocycles. The number of nitrogens with two attached hydrogens (primary N) is 1. The molecular formula is C13H7Cl2N3O3S. The molecule has 0 radical (unpaired) electrons. The summed E-state index contributed by atoms with van der Waals surface area (Å²) in [7, 11) is 0. The van der Waals surface area contributed by atoms with Crippen molar-refractivity contribution in [1.82, 2.24) is 9.55 Å². The monoisotopic (exact) mass is 355 g/mol. The molecule has 0 aromatic carbocycles. The second-order valence-electron chi connectivity index (χ2n) is 4.33. The van der Waals surface area contributed by atoms with Crippen molar-refractivity contribution >= 4 is 57.4 Å². The number of aromatic nitrogens is 2. The van der Waals surface area contributed by atoms with E-state index in [9.17, 15) is 14.7 Å². The van der Waals surface area contributed by atoms with Crippen molar-refractivity contribution in [2.24, 2.45) is 5.73 Å². The Morgan fingerprint density at radius 1 is 1.32 bits per heavy atom. The maximum absolute atomic E-state index is 12.6. The Hall–Kier alpha value is -2.09. The zero-order chi connectivity index (χ0) is 16.0. The van der Waals surface area contributed by atoms with Crippen LogP contribution in [0.1, 0.15) is 15.2 Å². The highest BCUT2D eigenvalue weighted by Gasteiger charge is 2.27. The van der Waals surface area contributed by atoms with E-state index in [1.165, 1.54) is 18.2 Å². The molecule has 0 saturated carbocycles. The van der Waals surface area contributed by atoms with Gasteiger partial charge in [0.25, 0.3) is 0 Å². The van der Waals surface area contributed by atoms with Crippen LogP contribution in [0.5, 0.6) is 5.88 Å². The van der Waals surface area contributed by atoms with E-state index in [1.807, 2.05) is 0 Å². The van der Waals surface area contributed by atoms with Gasteiger partial charge >= 0.3 is 6.03 Å². The van der Waals surface area contributed by atoms with Crippen molar-refractivity contribution in [3.63, 3.8) is 0 Å². The lowest BCUT2D eigenvalue weighted by atomic mass is 10.1. The van der Waals surface area contributed by atoms with Crippen LogP contribution in [0.15, 0.2) is 23.6 Å². The van der Waals surface area contributed by atoms with Crippen molar-refractivity contribution in [2.75, 3.05) is 0 Å². The highest BCUT2D eigenvalue weighted by atomic mass is 35.5. The van der Waals surface area contributed by atoms with Gasteiger partial charge in [-0.2, -0.15) is 0 Å². The molecule has 0 atom stereocenters. The number of halogens is 2. The van der Waals surface area contributed by atoms with Gasteiger partial charge in [-0.1, -0.05) is 23.2 Å². The van der Waals surface area contributed by atoms with Crippen molar-refractivity contribution in [2.45, 2.75) is 0 Å². The molecule has 3 N–H and O–H groups in total. The lowest BCUT2D eigenvalue weighted by Crippen LogP contribution is -2.18. The molecule has 9 heteroatoms. The minimum absolute atomic E-state index is 0.0957. The zero-order valence-electron chi connectivity index (χ0n) is 10.7. The fourth-order valence-corrected chi connectivity index (χ4v) is 3.28. The number of fused-ring (bicyclic) bond motifs is 1. The third-order valence-electron chi connectivity index (χ3n) is 2.99. The lowest BCUT2D eigenvalue weighted by molar-refractivity contribution is 0.104. The van der Waals surface area contributed by atoms with Crippen molar-refractivity contribution in [1.29, 1.82) is 0 Å². The molecule has 0 saturated heterocycles. The van der Waals surface area contributed by atoms with Gasteiger partial charge in [-0.05, 0) is 18.2 Å². The number of ketones is 1. The summed E-state index contributed by atoms with van der Waals surface area (Å²) in [5.41, 5.74) is 5.40. The first-order valence-corrected chi connectivity index (χ1v) is 7.52. The molecule has 3 heterocycles. The molecule has 0 spiro atoms. The lowest BCUT2D eigenvalue weighted by Gasteiger charge is -2.00. The maximum atomic E-state index is 12.6. The predicted octanol–water partition coefficient (Wildman–Crippen LogP) is 3.27. The van der Waals surface area contributed by atoms with Crippen LogP contribution >= 0.6 is 34.5 Å². The van der Waals surface area contributed by atoms with Crippen molar-refractivity contribution < 1.29 is 14.7 Å². The number of carbonyl (C=O) groups is 2. The molecule has 1 amide bonds. The minimum atomic E-state index is -0.935. The van der Waals surface area contributed by atoms with Crippen LogP contribution in [-0.4, -0.2) is 26.5 Å². The van der Waals surface area contributed by atoms with E-state index >= 15 is 0 Å². The molecule has 0 unspecified atom stereocenters. The molecule has 22 heavy (non-hydrogen) atoms. The molecular weight excluding hydrogens is 349 g/mol. The molecule has 0 aliphatic heterocycles. The molecule has 6 nitrogen and oxygen atoms in total. The second-order valence-corrected chi connectivity index (χ2v) is 6.07. The SMILES string of the molecule is NC(=O)n1c(O)c(C(=O)c2cc(Cl)cs2)c2nc(Cl)ccc21. The summed E-state index contributed by atoms with van der Waals surface area (Å²) in [6.45, 7) is 0. The smallest absolute Gasteiger partial charge is 0.326 e. The third kappa shape index (κ3) is 2.23. The highest BCUT2D eigenvalue weighted by Crippen LogP contribution is 2.34. The van der Waals surface area contributed by atoms with Gasteiger partial charge in [0.05, 0.1) is 15.4 Å². The second kappa shape index (κ2) is 5.28. The number of rotatable bonds is 2. The van der Waals surface area contributed by atoms with Gasteiger partial charge in [0.2, 0.25) is 11.7 Å². The fourth-order valence-electron chi connectivity index (χ4n) is 2.11. The van der Waals surface area contributed by atoms with E-state index in [1.54, 1.807) is 5.38 Å². The Kier molecular flexibility index (Phi) is 3.56. The summed E-state index contributed by atoms with van der Waals surface area (Å²) in [4.78, 5) is 28.4. The molecule has 0 bridgehead atoms. The first-order valence-electron chi connectivity index (χ1n) is 5.88. The summed E-state index contributed by atoms with van der Waals surface area (Å²) in [5, 5.41) is 12.3. The molecule has 3 aromatic rings. The minimum Gasteiger partial charge on any atom is -0.494 e. The zero-order valence-corrected chi connectivity index (χ0v) is 13.0. The summed E-state index contributed by atoms with van der Waals surface area (Å²) < 4.78 is 0.807. The van der Waals surface area contributed by atoms with E-state index in [2.05, 4.69) is 4.98 Å². The third-order valence-corrected chi connectivity index (χ3v) is 4.48. The first-order chi connectivity index (χ1) is 10.4. The van der Waals surface area contributed by atoms with Crippen molar-refractivity contribution in [3.8, 4) is 5.88 Å². The van der Waals surface area contributed by atoms with E-state index in [0.29, 0.717) is 9.90 Å². The molecule has 112 valence electrons. The van der Waals surface area contributed by atoms with Gasteiger partial charge in [-0.15, -0.1) is 11.3 Å². The Morgan fingerprint density at radius 3 is 2.64 bits per heavy atom. The van der Waals surface area contributed by atoms with Gasteiger partial charge in [0, 0.05) is 5.38 Å². The van der Waals surface area contributed by atoms with Gasteiger partial charge in [-0.25, -0.2) is 14.3 Å².